The Bertz CT molecular complexity index is 93.6. The van der Waals surface area contributed by atoms with E-state index < -0.39 is 0 Å². The summed E-state index contributed by atoms with van der Waals surface area (Å²) >= 11 is 0. The Morgan fingerprint density at radius 1 is 1.38 bits per heavy atom. The number of hydrogen-bond acceptors (Lipinski definition) is 2. The van der Waals surface area contributed by atoms with Gasteiger partial charge in [0.1, 0.15) is 0 Å². The fourth-order valence-electron chi connectivity index (χ4n) is 0.100. The van der Waals surface area contributed by atoms with Crippen molar-refractivity contribution < 1.29 is 0 Å². The molecule has 0 atom stereocenters. The third-order valence-corrected chi connectivity index (χ3v) is 0.274. The standard InChI is InChI=1S/C4H6N2.C2H6/c1-4(2)6-3-5;1-2/h1-2H3;1-2H3. The zero-order valence-corrected chi connectivity index (χ0v) is 5.89. The van der Waals surface area contributed by atoms with Crippen LogP contribution in [0.15, 0.2) is 4.99 Å². The van der Waals surface area contributed by atoms with E-state index in [4.69, 9.17) is 5.26 Å². The van der Waals surface area contributed by atoms with Gasteiger partial charge in [-0.3, -0.25) is 0 Å². The SMILES string of the molecule is CC.CC(C)=NC#N. The predicted molar refractivity (Wildman–Crippen MR) is 35.7 cm³/mol. The normalized spacial score (nSPS) is 5.38. The van der Waals surface area contributed by atoms with Gasteiger partial charge in [0.2, 0.25) is 6.19 Å². The predicted octanol–water partition coefficient (Wildman–Crippen LogP) is 1.97. The lowest BCUT2D eigenvalue weighted by Gasteiger charge is -1.70. The zero-order valence-electron chi connectivity index (χ0n) is 5.89. The van der Waals surface area contributed by atoms with E-state index in [0.29, 0.717) is 0 Å². The van der Waals surface area contributed by atoms with E-state index in [-0.39, 0.29) is 0 Å². The molecule has 0 rings (SSSR count). The molecule has 0 aliphatic heterocycles. The first-order chi connectivity index (χ1) is 3.77. The van der Waals surface area contributed by atoms with Crippen LogP contribution in [0.2, 0.25) is 0 Å². The van der Waals surface area contributed by atoms with Crippen molar-refractivity contribution in [3.05, 3.63) is 0 Å². The Hall–Kier alpha value is -0.840. The van der Waals surface area contributed by atoms with Crippen LogP contribution >= 0.6 is 0 Å². The lowest BCUT2D eigenvalue weighted by molar-refractivity contribution is 1.42. The third-order valence-electron chi connectivity index (χ3n) is 0.274. The summed E-state index contributed by atoms with van der Waals surface area (Å²) in [6.07, 6.45) is 1.66. The van der Waals surface area contributed by atoms with Crippen molar-refractivity contribution in [3.63, 3.8) is 0 Å². The molecule has 0 radical (unpaired) electrons. The molecule has 0 amide bonds. The van der Waals surface area contributed by atoms with Crippen LogP contribution in [0.3, 0.4) is 0 Å². The average molecular weight is 112 g/mol. The van der Waals surface area contributed by atoms with Gasteiger partial charge in [-0.05, 0) is 13.8 Å². The van der Waals surface area contributed by atoms with E-state index in [1.807, 2.05) is 13.8 Å². The number of nitrogens with zero attached hydrogens (tertiary/aromatic N) is 2. The first kappa shape index (κ1) is 10.2. The molecule has 0 aliphatic carbocycles. The van der Waals surface area contributed by atoms with Crippen molar-refractivity contribution in [2.45, 2.75) is 27.7 Å². The largest absolute Gasteiger partial charge is 0.205 e. The maximum Gasteiger partial charge on any atom is 0.205 e. The number of hydrogen-bond donors (Lipinski definition) is 0. The highest BCUT2D eigenvalue weighted by molar-refractivity contribution is 5.79. The smallest absolute Gasteiger partial charge is 0.183 e. The Balaban J connectivity index is 0. The summed E-state index contributed by atoms with van der Waals surface area (Å²) in [6.45, 7) is 7.56. The molecule has 0 aromatic carbocycles. The molecule has 2 nitrogen and oxygen atoms in total. The number of nitriles is 1. The first-order valence-electron chi connectivity index (χ1n) is 2.67. The zero-order chi connectivity index (χ0) is 6.99. The van der Waals surface area contributed by atoms with E-state index in [1.165, 1.54) is 0 Å². The van der Waals surface area contributed by atoms with Gasteiger partial charge in [-0.25, -0.2) is 0 Å². The van der Waals surface area contributed by atoms with Crippen molar-refractivity contribution in [1.29, 1.82) is 5.26 Å². The number of aliphatic imine (C=N–C) groups is 1. The number of rotatable bonds is 0. The van der Waals surface area contributed by atoms with Gasteiger partial charge in [-0.15, -0.1) is 0 Å². The second-order valence-corrected chi connectivity index (χ2v) is 1.16. The molecule has 0 saturated heterocycles. The summed E-state index contributed by atoms with van der Waals surface area (Å²) in [6, 6.07) is 0. The monoisotopic (exact) mass is 112 g/mol. The van der Waals surface area contributed by atoms with Crippen LogP contribution < -0.4 is 0 Å². The molecular formula is C6H12N2. The molecule has 0 heterocycles. The molecular weight excluding hydrogens is 100 g/mol. The Morgan fingerprint density at radius 3 is 1.75 bits per heavy atom. The quantitative estimate of drug-likeness (QED) is 0.348. The minimum atomic E-state index is 0.803. The van der Waals surface area contributed by atoms with E-state index in [1.54, 1.807) is 20.0 Å². The van der Waals surface area contributed by atoms with Gasteiger partial charge in [0.25, 0.3) is 0 Å². The van der Waals surface area contributed by atoms with Gasteiger partial charge < -0.3 is 0 Å². The minimum Gasteiger partial charge on any atom is -0.183 e. The van der Waals surface area contributed by atoms with Gasteiger partial charge in [-0.2, -0.15) is 10.3 Å². The summed E-state index contributed by atoms with van der Waals surface area (Å²) in [7, 11) is 0. The summed E-state index contributed by atoms with van der Waals surface area (Å²) in [5.74, 6) is 0. The second-order valence-electron chi connectivity index (χ2n) is 1.16. The highest BCUT2D eigenvalue weighted by Crippen LogP contribution is 1.67. The Kier molecular flexibility index (Phi) is 12.1. The summed E-state index contributed by atoms with van der Waals surface area (Å²) in [5, 5.41) is 7.80. The highest BCUT2D eigenvalue weighted by atomic mass is 14.7. The first-order valence-corrected chi connectivity index (χ1v) is 2.67. The van der Waals surface area contributed by atoms with E-state index in [0.717, 1.165) is 5.71 Å². The lowest BCUT2D eigenvalue weighted by atomic mass is 10.5. The van der Waals surface area contributed by atoms with Crippen LogP contribution in [0.5, 0.6) is 0 Å². The molecule has 0 saturated carbocycles. The molecule has 8 heavy (non-hydrogen) atoms. The molecule has 0 fully saturated rings. The lowest BCUT2D eigenvalue weighted by Crippen LogP contribution is -1.73. The maximum atomic E-state index is 7.80. The maximum absolute atomic E-state index is 7.80. The van der Waals surface area contributed by atoms with Crippen molar-refractivity contribution in [1.82, 2.24) is 0 Å². The van der Waals surface area contributed by atoms with Crippen molar-refractivity contribution in [2.75, 3.05) is 0 Å². The van der Waals surface area contributed by atoms with Crippen LogP contribution in [0.25, 0.3) is 0 Å². The molecule has 2 heteroatoms. The molecule has 0 bridgehead atoms. The van der Waals surface area contributed by atoms with Crippen molar-refractivity contribution in [3.8, 4) is 6.19 Å². The fourth-order valence-corrected chi connectivity index (χ4v) is 0.100. The van der Waals surface area contributed by atoms with Gasteiger partial charge in [0.05, 0.1) is 0 Å². The average Bonchev–Trinajstić information content (AvgIpc) is 1.72. The van der Waals surface area contributed by atoms with Crippen LogP contribution in [0, 0.1) is 11.5 Å². The topological polar surface area (TPSA) is 36.1 Å². The van der Waals surface area contributed by atoms with Gasteiger partial charge in [-0.1, -0.05) is 13.8 Å². The molecule has 0 spiro atoms. The third kappa shape index (κ3) is 19.1. The van der Waals surface area contributed by atoms with E-state index in [2.05, 4.69) is 4.99 Å². The summed E-state index contributed by atoms with van der Waals surface area (Å²) in [4.78, 5) is 3.35. The van der Waals surface area contributed by atoms with Gasteiger partial charge >= 0.3 is 0 Å². The van der Waals surface area contributed by atoms with Crippen molar-refractivity contribution >= 4 is 5.71 Å². The molecule has 0 aliphatic rings. The van der Waals surface area contributed by atoms with Crippen LogP contribution in [-0.4, -0.2) is 5.71 Å². The van der Waals surface area contributed by atoms with Gasteiger partial charge in [0, 0.05) is 5.71 Å². The fraction of sp³-hybridized carbons (Fsp3) is 0.667. The molecule has 0 aromatic heterocycles. The molecule has 0 N–H and O–H groups in total. The van der Waals surface area contributed by atoms with Crippen molar-refractivity contribution in [2.24, 2.45) is 4.99 Å². The van der Waals surface area contributed by atoms with Crippen LogP contribution in [0.1, 0.15) is 27.7 Å². The van der Waals surface area contributed by atoms with E-state index in [9.17, 15) is 0 Å². The molecule has 0 unspecified atom stereocenters. The van der Waals surface area contributed by atoms with Crippen LogP contribution in [-0.2, 0) is 0 Å². The van der Waals surface area contributed by atoms with E-state index >= 15 is 0 Å². The highest BCUT2D eigenvalue weighted by Gasteiger charge is 1.67. The van der Waals surface area contributed by atoms with Crippen LogP contribution in [0.4, 0.5) is 0 Å². The molecule has 0 aromatic rings. The Labute approximate surface area is 50.9 Å². The Morgan fingerprint density at radius 2 is 1.75 bits per heavy atom. The van der Waals surface area contributed by atoms with Gasteiger partial charge in [0.15, 0.2) is 0 Å². The summed E-state index contributed by atoms with van der Waals surface area (Å²) < 4.78 is 0. The minimum absolute atomic E-state index is 0.803. The second kappa shape index (κ2) is 9.48. The molecule has 46 valence electrons. The summed E-state index contributed by atoms with van der Waals surface area (Å²) in [5.41, 5.74) is 0.803.